The van der Waals surface area contributed by atoms with Crippen molar-refractivity contribution in [2.75, 3.05) is 6.54 Å². The Labute approximate surface area is 84.0 Å². The molecule has 3 nitrogen and oxygen atoms in total. The van der Waals surface area contributed by atoms with Crippen molar-refractivity contribution in [3.63, 3.8) is 0 Å². The van der Waals surface area contributed by atoms with Gasteiger partial charge >= 0.3 is 6.09 Å². The van der Waals surface area contributed by atoms with Crippen molar-refractivity contribution in [1.29, 1.82) is 0 Å². The summed E-state index contributed by atoms with van der Waals surface area (Å²) in [5.41, 5.74) is 1.25. The van der Waals surface area contributed by atoms with E-state index in [0.29, 0.717) is 0 Å². The molecule has 2 aliphatic rings. The maximum absolute atomic E-state index is 11.5. The lowest BCUT2D eigenvalue weighted by Crippen LogP contribution is -2.42. The highest BCUT2D eigenvalue weighted by atomic mass is 16.6. The number of rotatable bonds is 1. The lowest BCUT2D eigenvalue weighted by Gasteiger charge is -2.32. The molecular weight excluding hydrogens is 178 g/mol. The number of nitrogens with zero attached hydrogens (tertiary/aromatic N) is 1. The van der Waals surface area contributed by atoms with Gasteiger partial charge in [0, 0.05) is 12.6 Å². The molecule has 14 heavy (non-hydrogen) atoms. The average molecular weight is 193 g/mol. The number of carbonyl (C=O) groups excluding carboxylic acids is 1. The number of hydrogen-bond acceptors (Lipinski definition) is 2. The summed E-state index contributed by atoms with van der Waals surface area (Å²) in [5, 5.41) is 0. The molecule has 0 radical (unpaired) electrons. The lowest BCUT2D eigenvalue weighted by molar-refractivity contribution is 0.109. The molecule has 0 aromatic carbocycles. The Bertz CT molecular complexity index is 315. The predicted molar refractivity (Wildman–Crippen MR) is 53.7 cm³/mol. The first-order chi connectivity index (χ1) is 6.68. The summed E-state index contributed by atoms with van der Waals surface area (Å²) in [4.78, 5) is 13.3. The van der Waals surface area contributed by atoms with E-state index < -0.39 is 0 Å². The Hall–Kier alpha value is -1.25. The zero-order chi connectivity index (χ0) is 10.1. The molecule has 0 saturated carbocycles. The van der Waals surface area contributed by atoms with Crippen LogP contribution in [0.5, 0.6) is 0 Å². The molecule has 0 aromatic rings. The van der Waals surface area contributed by atoms with E-state index in [9.17, 15) is 4.79 Å². The molecule has 0 N–H and O–H groups in total. The summed E-state index contributed by atoms with van der Waals surface area (Å²) in [5.74, 6) is 0.776. The molecule has 0 saturated heterocycles. The topological polar surface area (TPSA) is 29.5 Å². The average Bonchev–Trinajstić information content (AvgIpc) is 2.16. The molecule has 0 unspecified atom stereocenters. The van der Waals surface area contributed by atoms with Gasteiger partial charge in [0.1, 0.15) is 5.76 Å². The van der Waals surface area contributed by atoms with Crippen LogP contribution in [0, 0.1) is 0 Å². The van der Waals surface area contributed by atoms with Gasteiger partial charge in [-0.2, -0.15) is 0 Å². The Morgan fingerprint density at radius 3 is 3.00 bits per heavy atom. The van der Waals surface area contributed by atoms with Gasteiger partial charge in [-0.3, -0.25) is 0 Å². The van der Waals surface area contributed by atoms with Gasteiger partial charge in [0.05, 0.1) is 0 Å². The second-order valence-electron chi connectivity index (χ2n) is 4.00. The van der Waals surface area contributed by atoms with Crippen molar-refractivity contribution in [3.8, 4) is 0 Å². The van der Waals surface area contributed by atoms with Crippen LogP contribution in [-0.4, -0.2) is 23.6 Å². The Morgan fingerprint density at radius 2 is 2.29 bits per heavy atom. The highest BCUT2D eigenvalue weighted by Crippen LogP contribution is 2.26. The van der Waals surface area contributed by atoms with E-state index in [1.54, 1.807) is 4.90 Å². The van der Waals surface area contributed by atoms with Crippen LogP contribution in [0.15, 0.2) is 23.5 Å². The van der Waals surface area contributed by atoms with Gasteiger partial charge in [0.25, 0.3) is 0 Å². The molecular formula is C11H15NO2. The van der Waals surface area contributed by atoms with Gasteiger partial charge in [-0.1, -0.05) is 6.08 Å². The molecule has 0 aromatic heterocycles. The zero-order valence-corrected chi connectivity index (χ0v) is 8.62. The fraction of sp³-hybridized carbons (Fsp3) is 0.545. The summed E-state index contributed by atoms with van der Waals surface area (Å²) in [6, 6.07) is 0.211. The molecule has 1 aliphatic heterocycles. The maximum atomic E-state index is 11.5. The zero-order valence-electron chi connectivity index (χ0n) is 8.62. The molecule has 1 heterocycles. The van der Waals surface area contributed by atoms with E-state index in [-0.39, 0.29) is 12.1 Å². The van der Waals surface area contributed by atoms with Crippen LogP contribution in [0.3, 0.4) is 0 Å². The first-order valence-electron chi connectivity index (χ1n) is 5.05. The molecule has 0 atom stereocenters. The molecule has 0 fully saturated rings. The van der Waals surface area contributed by atoms with E-state index in [0.717, 1.165) is 25.1 Å². The quantitative estimate of drug-likeness (QED) is 0.640. The predicted octanol–water partition coefficient (Wildman–Crippen LogP) is 2.45. The largest absolute Gasteiger partial charge is 0.415 e. The van der Waals surface area contributed by atoms with Crippen LogP contribution >= 0.6 is 0 Å². The minimum absolute atomic E-state index is 0.211. The van der Waals surface area contributed by atoms with Gasteiger partial charge < -0.3 is 9.64 Å². The Balaban J connectivity index is 2.22. The van der Waals surface area contributed by atoms with Crippen molar-refractivity contribution in [2.45, 2.75) is 32.7 Å². The van der Waals surface area contributed by atoms with Crippen LogP contribution in [-0.2, 0) is 4.74 Å². The summed E-state index contributed by atoms with van der Waals surface area (Å²) in [7, 11) is 0. The first kappa shape index (κ1) is 9.31. The Kier molecular flexibility index (Phi) is 2.32. The molecule has 1 aliphatic carbocycles. The minimum atomic E-state index is -0.217. The molecule has 1 amide bonds. The van der Waals surface area contributed by atoms with Gasteiger partial charge in [-0.05, 0) is 38.3 Å². The minimum Gasteiger partial charge on any atom is -0.410 e. The van der Waals surface area contributed by atoms with Gasteiger partial charge in [-0.25, -0.2) is 4.79 Å². The fourth-order valence-electron chi connectivity index (χ4n) is 1.77. The van der Waals surface area contributed by atoms with E-state index >= 15 is 0 Å². The van der Waals surface area contributed by atoms with Gasteiger partial charge in [0.2, 0.25) is 0 Å². The second-order valence-corrected chi connectivity index (χ2v) is 4.00. The van der Waals surface area contributed by atoms with Crippen LogP contribution in [0.1, 0.15) is 26.7 Å². The highest BCUT2D eigenvalue weighted by Gasteiger charge is 2.28. The Morgan fingerprint density at radius 1 is 1.50 bits per heavy atom. The molecule has 3 heteroatoms. The number of ether oxygens (including phenoxy) is 1. The number of carbonyl (C=O) groups is 1. The molecule has 76 valence electrons. The second kappa shape index (κ2) is 3.48. The van der Waals surface area contributed by atoms with Gasteiger partial charge in [0.15, 0.2) is 0 Å². The van der Waals surface area contributed by atoms with Crippen molar-refractivity contribution in [3.05, 3.63) is 23.5 Å². The van der Waals surface area contributed by atoms with E-state index in [1.807, 2.05) is 19.9 Å². The fourth-order valence-corrected chi connectivity index (χ4v) is 1.77. The third kappa shape index (κ3) is 1.54. The number of hydrogen-bond donors (Lipinski definition) is 0. The normalized spacial score (nSPS) is 21.4. The van der Waals surface area contributed by atoms with Crippen LogP contribution in [0.2, 0.25) is 0 Å². The standard InChI is InChI=1S/C11H15NO2/c1-8(2)12-7-9-5-3-4-6-10(9)14-11(12)13/h4,6,8H,3,5,7H2,1-2H3. The number of amides is 1. The maximum Gasteiger partial charge on any atom is 0.415 e. The third-order valence-electron chi connectivity index (χ3n) is 2.65. The van der Waals surface area contributed by atoms with Crippen LogP contribution in [0.4, 0.5) is 4.79 Å². The van der Waals surface area contributed by atoms with Crippen molar-refractivity contribution >= 4 is 6.09 Å². The molecule has 0 bridgehead atoms. The summed E-state index contributed by atoms with van der Waals surface area (Å²) >= 11 is 0. The van der Waals surface area contributed by atoms with Crippen molar-refractivity contribution in [2.24, 2.45) is 0 Å². The van der Waals surface area contributed by atoms with Crippen molar-refractivity contribution in [1.82, 2.24) is 4.90 Å². The lowest BCUT2D eigenvalue weighted by atomic mass is 10.0. The molecule has 0 spiro atoms. The third-order valence-corrected chi connectivity index (χ3v) is 2.65. The van der Waals surface area contributed by atoms with Crippen LogP contribution < -0.4 is 0 Å². The monoisotopic (exact) mass is 193 g/mol. The number of allylic oxidation sites excluding steroid dienone is 2. The van der Waals surface area contributed by atoms with Gasteiger partial charge in [-0.15, -0.1) is 0 Å². The summed E-state index contributed by atoms with van der Waals surface area (Å²) < 4.78 is 5.24. The summed E-state index contributed by atoms with van der Waals surface area (Å²) in [6.45, 7) is 4.74. The molecule has 2 rings (SSSR count). The first-order valence-corrected chi connectivity index (χ1v) is 5.05. The highest BCUT2D eigenvalue weighted by molar-refractivity contribution is 5.72. The van der Waals surface area contributed by atoms with E-state index in [4.69, 9.17) is 4.74 Å². The van der Waals surface area contributed by atoms with Crippen LogP contribution in [0.25, 0.3) is 0 Å². The SMILES string of the molecule is CC(C)N1CC2=C(C=CCC2)OC1=O. The van der Waals surface area contributed by atoms with E-state index in [2.05, 4.69) is 6.08 Å². The smallest absolute Gasteiger partial charge is 0.410 e. The van der Waals surface area contributed by atoms with Crippen molar-refractivity contribution < 1.29 is 9.53 Å². The summed E-state index contributed by atoms with van der Waals surface area (Å²) in [6.07, 6.45) is 5.82. The van der Waals surface area contributed by atoms with E-state index in [1.165, 1.54) is 5.57 Å².